The second-order valence-electron chi connectivity index (χ2n) is 3.99. The fraction of sp³-hybridized carbons (Fsp3) is 0.818. The molecule has 16 heavy (non-hydrogen) atoms. The highest BCUT2D eigenvalue weighted by molar-refractivity contribution is 7.99. The summed E-state index contributed by atoms with van der Waals surface area (Å²) in [5.41, 5.74) is 0. The van der Waals surface area contributed by atoms with Gasteiger partial charge < -0.3 is 10.0 Å². The Morgan fingerprint density at radius 3 is 2.81 bits per heavy atom. The van der Waals surface area contributed by atoms with Crippen molar-refractivity contribution >= 4 is 23.6 Å². The first kappa shape index (κ1) is 13.4. The highest BCUT2D eigenvalue weighted by Gasteiger charge is 2.31. The summed E-state index contributed by atoms with van der Waals surface area (Å²) < 4.78 is 0. The lowest BCUT2D eigenvalue weighted by Gasteiger charge is -2.32. The van der Waals surface area contributed by atoms with Crippen molar-refractivity contribution in [2.24, 2.45) is 0 Å². The number of carbonyl (C=O) groups is 2. The molecule has 1 saturated heterocycles. The summed E-state index contributed by atoms with van der Waals surface area (Å²) in [6, 6.07) is -0.594. The fourth-order valence-electron chi connectivity index (χ4n) is 1.87. The quantitative estimate of drug-likeness (QED) is 0.747. The highest BCUT2D eigenvalue weighted by atomic mass is 32.2. The van der Waals surface area contributed by atoms with Gasteiger partial charge in [-0.3, -0.25) is 4.79 Å². The molecular formula is C11H19NO3S. The summed E-state index contributed by atoms with van der Waals surface area (Å²) in [7, 11) is 0. The first-order valence-corrected chi connectivity index (χ1v) is 6.92. The molecule has 1 unspecified atom stereocenters. The minimum absolute atomic E-state index is 0.0226. The van der Waals surface area contributed by atoms with Crippen LogP contribution in [0.25, 0.3) is 0 Å². The van der Waals surface area contributed by atoms with Crippen LogP contribution in [0, 0.1) is 0 Å². The van der Waals surface area contributed by atoms with E-state index in [2.05, 4.69) is 6.92 Å². The molecular weight excluding hydrogens is 226 g/mol. The van der Waals surface area contributed by atoms with E-state index in [1.54, 1.807) is 11.8 Å². The molecule has 1 heterocycles. The van der Waals surface area contributed by atoms with E-state index in [1.165, 1.54) is 4.90 Å². The van der Waals surface area contributed by atoms with E-state index in [1.807, 2.05) is 0 Å². The highest BCUT2D eigenvalue weighted by Crippen LogP contribution is 2.18. The number of hydrogen-bond acceptors (Lipinski definition) is 3. The van der Waals surface area contributed by atoms with Gasteiger partial charge in [-0.25, -0.2) is 4.79 Å². The molecule has 1 rings (SSSR count). The summed E-state index contributed by atoms with van der Waals surface area (Å²) in [6.07, 6.45) is 3.47. The lowest BCUT2D eigenvalue weighted by molar-refractivity contribution is -0.150. The van der Waals surface area contributed by atoms with E-state index < -0.39 is 12.0 Å². The fourth-order valence-corrected chi connectivity index (χ4v) is 2.65. The molecule has 0 aromatic carbocycles. The van der Waals surface area contributed by atoms with E-state index in [9.17, 15) is 9.59 Å². The maximum atomic E-state index is 11.8. The Labute approximate surface area is 100 Å². The van der Waals surface area contributed by atoms with Crippen LogP contribution in [0.3, 0.4) is 0 Å². The Morgan fingerprint density at radius 2 is 2.19 bits per heavy atom. The van der Waals surface area contributed by atoms with Gasteiger partial charge in [0.1, 0.15) is 6.04 Å². The zero-order valence-electron chi connectivity index (χ0n) is 9.65. The van der Waals surface area contributed by atoms with Gasteiger partial charge in [0.2, 0.25) is 5.91 Å². The van der Waals surface area contributed by atoms with E-state index in [0.29, 0.717) is 18.7 Å². The van der Waals surface area contributed by atoms with Crippen LogP contribution in [0.1, 0.15) is 32.6 Å². The lowest BCUT2D eigenvalue weighted by atomic mass is 10.0. The summed E-state index contributed by atoms with van der Waals surface area (Å²) >= 11 is 1.58. The van der Waals surface area contributed by atoms with Crippen LogP contribution in [0.2, 0.25) is 0 Å². The Balaban J connectivity index is 2.47. The largest absolute Gasteiger partial charge is 0.480 e. The number of carboxylic acids is 1. The average Bonchev–Trinajstić information content (AvgIpc) is 2.29. The second kappa shape index (κ2) is 6.78. The van der Waals surface area contributed by atoms with Gasteiger partial charge in [-0.1, -0.05) is 6.92 Å². The Morgan fingerprint density at radius 1 is 1.44 bits per heavy atom. The third-order valence-corrected chi connectivity index (χ3v) is 3.83. The zero-order chi connectivity index (χ0) is 12.0. The number of rotatable bonds is 5. The van der Waals surface area contributed by atoms with Crippen molar-refractivity contribution in [1.29, 1.82) is 0 Å². The van der Waals surface area contributed by atoms with Crippen molar-refractivity contribution < 1.29 is 14.7 Å². The molecule has 1 fully saturated rings. The van der Waals surface area contributed by atoms with Crippen molar-refractivity contribution in [3.8, 4) is 0 Å². The monoisotopic (exact) mass is 245 g/mol. The standard InChI is InChI=1S/C11H19NO3S/c1-2-7-16-8-10(13)12-6-4-3-5-9(12)11(14)15/h9H,2-8H2,1H3,(H,14,15). The van der Waals surface area contributed by atoms with Gasteiger partial charge in [-0.05, 0) is 31.4 Å². The maximum absolute atomic E-state index is 11.8. The molecule has 1 atom stereocenters. The van der Waals surface area contributed by atoms with Crippen molar-refractivity contribution in [2.45, 2.75) is 38.6 Å². The number of amides is 1. The summed E-state index contributed by atoms with van der Waals surface area (Å²) in [6.45, 7) is 2.67. The molecule has 1 aliphatic rings. The number of carbonyl (C=O) groups excluding carboxylic acids is 1. The van der Waals surface area contributed by atoms with Gasteiger partial charge in [0.15, 0.2) is 0 Å². The topological polar surface area (TPSA) is 57.6 Å². The van der Waals surface area contributed by atoms with Crippen molar-refractivity contribution in [3.05, 3.63) is 0 Å². The number of aliphatic carboxylic acids is 1. The van der Waals surface area contributed by atoms with Crippen LogP contribution in [0.15, 0.2) is 0 Å². The summed E-state index contributed by atoms with van der Waals surface area (Å²) in [5.74, 6) is 0.480. The molecule has 0 bridgehead atoms. The van der Waals surface area contributed by atoms with E-state index in [4.69, 9.17) is 5.11 Å². The van der Waals surface area contributed by atoms with E-state index in [0.717, 1.165) is 25.0 Å². The van der Waals surface area contributed by atoms with Gasteiger partial charge in [0, 0.05) is 6.54 Å². The SMILES string of the molecule is CCCSCC(=O)N1CCCCC1C(=O)O. The smallest absolute Gasteiger partial charge is 0.326 e. The van der Waals surface area contributed by atoms with Gasteiger partial charge >= 0.3 is 5.97 Å². The van der Waals surface area contributed by atoms with Gasteiger partial charge in [-0.15, -0.1) is 0 Å². The van der Waals surface area contributed by atoms with Crippen LogP contribution in [-0.2, 0) is 9.59 Å². The van der Waals surface area contributed by atoms with Crippen LogP contribution in [-0.4, -0.2) is 46.0 Å². The number of hydrogen-bond donors (Lipinski definition) is 1. The third kappa shape index (κ3) is 3.70. The number of nitrogens with zero attached hydrogens (tertiary/aromatic N) is 1. The predicted molar refractivity (Wildman–Crippen MR) is 64.6 cm³/mol. The van der Waals surface area contributed by atoms with Crippen LogP contribution >= 0.6 is 11.8 Å². The Hall–Kier alpha value is -0.710. The summed E-state index contributed by atoms with van der Waals surface area (Å²) in [4.78, 5) is 24.4. The molecule has 0 aromatic heterocycles. The molecule has 4 nitrogen and oxygen atoms in total. The van der Waals surface area contributed by atoms with Crippen molar-refractivity contribution in [2.75, 3.05) is 18.1 Å². The molecule has 0 radical (unpaired) electrons. The first-order valence-electron chi connectivity index (χ1n) is 5.76. The lowest BCUT2D eigenvalue weighted by Crippen LogP contribution is -2.48. The molecule has 0 saturated carbocycles. The van der Waals surface area contributed by atoms with Crippen LogP contribution < -0.4 is 0 Å². The minimum Gasteiger partial charge on any atom is -0.480 e. The molecule has 0 spiro atoms. The van der Waals surface area contributed by atoms with Crippen molar-refractivity contribution in [3.63, 3.8) is 0 Å². The normalized spacial score (nSPS) is 20.8. The number of likely N-dealkylation sites (tertiary alicyclic amines) is 1. The number of piperidine rings is 1. The number of thioether (sulfide) groups is 1. The van der Waals surface area contributed by atoms with E-state index >= 15 is 0 Å². The number of carboxylic acid groups (broad SMARTS) is 1. The predicted octanol–water partition coefficient (Wildman–Crippen LogP) is 1.60. The van der Waals surface area contributed by atoms with Crippen LogP contribution in [0.4, 0.5) is 0 Å². The van der Waals surface area contributed by atoms with Gasteiger partial charge in [0.05, 0.1) is 5.75 Å². The van der Waals surface area contributed by atoms with Gasteiger partial charge in [-0.2, -0.15) is 11.8 Å². The molecule has 5 heteroatoms. The molecule has 1 aliphatic heterocycles. The second-order valence-corrected chi connectivity index (χ2v) is 5.09. The van der Waals surface area contributed by atoms with Crippen LogP contribution in [0.5, 0.6) is 0 Å². The minimum atomic E-state index is -0.867. The molecule has 1 amide bonds. The molecule has 1 N–H and O–H groups in total. The Kier molecular flexibility index (Phi) is 5.66. The zero-order valence-corrected chi connectivity index (χ0v) is 10.5. The molecule has 0 aromatic rings. The first-order chi connectivity index (χ1) is 7.66. The van der Waals surface area contributed by atoms with Gasteiger partial charge in [0.25, 0.3) is 0 Å². The van der Waals surface area contributed by atoms with E-state index in [-0.39, 0.29) is 5.91 Å². The third-order valence-electron chi connectivity index (χ3n) is 2.68. The average molecular weight is 245 g/mol. The Bertz CT molecular complexity index is 258. The summed E-state index contributed by atoms with van der Waals surface area (Å²) in [5, 5.41) is 9.03. The maximum Gasteiger partial charge on any atom is 0.326 e. The molecule has 0 aliphatic carbocycles. The van der Waals surface area contributed by atoms with Crippen molar-refractivity contribution in [1.82, 2.24) is 4.90 Å². The molecule has 92 valence electrons.